The van der Waals surface area contributed by atoms with E-state index in [2.05, 4.69) is 44.3 Å². The van der Waals surface area contributed by atoms with Crippen molar-refractivity contribution in [3.63, 3.8) is 0 Å². The lowest BCUT2D eigenvalue weighted by atomic mass is 10.00. The zero-order valence-electron chi connectivity index (χ0n) is 14.6. The summed E-state index contributed by atoms with van der Waals surface area (Å²) in [5.74, 6) is 0.610. The molecule has 2 aromatic carbocycles. The Labute approximate surface area is 138 Å². The van der Waals surface area contributed by atoms with Crippen LogP contribution in [-0.2, 0) is 4.79 Å². The predicted molar refractivity (Wildman–Crippen MR) is 93.9 cm³/mol. The van der Waals surface area contributed by atoms with Gasteiger partial charge in [0.05, 0.1) is 6.04 Å². The number of hydrogen-bond acceptors (Lipinski definition) is 2. The number of carbonyl (C=O) groups is 1. The van der Waals surface area contributed by atoms with Crippen molar-refractivity contribution >= 4 is 5.91 Å². The van der Waals surface area contributed by atoms with Gasteiger partial charge in [0, 0.05) is 0 Å². The number of rotatable bonds is 5. The van der Waals surface area contributed by atoms with Crippen molar-refractivity contribution in [2.45, 2.75) is 40.7 Å². The van der Waals surface area contributed by atoms with Gasteiger partial charge in [0.25, 0.3) is 5.91 Å². The first kappa shape index (κ1) is 17.1. The van der Waals surface area contributed by atoms with Gasteiger partial charge in [-0.05, 0) is 69.0 Å². The summed E-state index contributed by atoms with van der Waals surface area (Å²) in [7, 11) is 0. The average Bonchev–Trinajstić information content (AvgIpc) is 2.50. The van der Waals surface area contributed by atoms with E-state index in [4.69, 9.17) is 4.74 Å². The minimum absolute atomic E-state index is 0.0255. The van der Waals surface area contributed by atoms with E-state index in [1.54, 1.807) is 0 Å². The SMILES string of the molecule is Cc1ccc(C)c([C@H](C)NC(=O)COc2ccc(C)c(C)c2)c1. The third-order valence-corrected chi connectivity index (χ3v) is 4.13. The molecule has 0 saturated carbocycles. The summed E-state index contributed by atoms with van der Waals surface area (Å²) in [5, 5.41) is 3.00. The summed E-state index contributed by atoms with van der Waals surface area (Å²) in [6.45, 7) is 10.2. The highest BCUT2D eigenvalue weighted by molar-refractivity contribution is 5.78. The first-order valence-electron chi connectivity index (χ1n) is 7.93. The highest BCUT2D eigenvalue weighted by Gasteiger charge is 2.12. The fourth-order valence-corrected chi connectivity index (χ4v) is 2.54. The molecule has 122 valence electrons. The van der Waals surface area contributed by atoms with Crippen LogP contribution in [0.25, 0.3) is 0 Å². The van der Waals surface area contributed by atoms with Gasteiger partial charge in [0.15, 0.2) is 6.61 Å². The monoisotopic (exact) mass is 311 g/mol. The Bertz CT molecular complexity index is 707. The van der Waals surface area contributed by atoms with Crippen LogP contribution < -0.4 is 10.1 Å². The van der Waals surface area contributed by atoms with E-state index in [0.29, 0.717) is 0 Å². The summed E-state index contributed by atoms with van der Waals surface area (Å²) < 4.78 is 5.58. The van der Waals surface area contributed by atoms with Gasteiger partial charge >= 0.3 is 0 Å². The molecule has 3 nitrogen and oxygen atoms in total. The summed E-state index contributed by atoms with van der Waals surface area (Å²) in [4.78, 5) is 12.1. The summed E-state index contributed by atoms with van der Waals surface area (Å²) in [5.41, 5.74) is 5.89. The first-order valence-corrected chi connectivity index (χ1v) is 7.93. The highest BCUT2D eigenvalue weighted by atomic mass is 16.5. The van der Waals surface area contributed by atoms with E-state index in [1.807, 2.05) is 32.0 Å². The van der Waals surface area contributed by atoms with Gasteiger partial charge in [0.2, 0.25) is 0 Å². The van der Waals surface area contributed by atoms with Crippen LogP contribution in [0.5, 0.6) is 5.75 Å². The van der Waals surface area contributed by atoms with Crippen molar-refractivity contribution in [2.75, 3.05) is 6.61 Å². The van der Waals surface area contributed by atoms with E-state index in [9.17, 15) is 4.79 Å². The minimum atomic E-state index is -0.114. The van der Waals surface area contributed by atoms with Crippen LogP contribution in [0, 0.1) is 27.7 Å². The largest absolute Gasteiger partial charge is 0.484 e. The minimum Gasteiger partial charge on any atom is -0.484 e. The summed E-state index contributed by atoms with van der Waals surface area (Å²) in [6, 6.07) is 12.1. The Morgan fingerprint density at radius 3 is 2.39 bits per heavy atom. The number of aryl methyl sites for hydroxylation is 4. The van der Waals surface area contributed by atoms with Gasteiger partial charge in [0.1, 0.15) is 5.75 Å². The molecule has 0 aliphatic carbocycles. The highest BCUT2D eigenvalue weighted by Crippen LogP contribution is 2.19. The number of amides is 1. The maximum atomic E-state index is 12.1. The van der Waals surface area contributed by atoms with Crippen molar-refractivity contribution in [1.82, 2.24) is 5.32 Å². The normalized spacial score (nSPS) is 11.9. The molecule has 2 aromatic rings. The molecule has 1 N–H and O–H groups in total. The topological polar surface area (TPSA) is 38.3 Å². The van der Waals surface area contributed by atoms with Crippen molar-refractivity contribution in [2.24, 2.45) is 0 Å². The standard InChI is InChI=1S/C20H25NO2/c1-13-6-7-15(3)19(10-13)17(5)21-20(22)12-23-18-9-8-14(2)16(4)11-18/h6-11,17H,12H2,1-5H3,(H,21,22)/t17-/m0/s1. The molecule has 0 saturated heterocycles. The van der Waals surface area contributed by atoms with Crippen molar-refractivity contribution in [3.8, 4) is 5.75 Å². The number of carbonyl (C=O) groups excluding carboxylic acids is 1. The Balaban J connectivity index is 1.93. The summed E-state index contributed by atoms with van der Waals surface area (Å²) in [6.07, 6.45) is 0. The molecule has 3 heteroatoms. The Morgan fingerprint density at radius 2 is 1.70 bits per heavy atom. The molecule has 0 fully saturated rings. The number of nitrogens with one attached hydrogen (secondary N) is 1. The Morgan fingerprint density at radius 1 is 1.00 bits per heavy atom. The zero-order valence-corrected chi connectivity index (χ0v) is 14.6. The second-order valence-corrected chi connectivity index (χ2v) is 6.18. The van der Waals surface area contributed by atoms with Crippen LogP contribution in [0.1, 0.15) is 40.8 Å². The fourth-order valence-electron chi connectivity index (χ4n) is 2.54. The molecule has 0 unspecified atom stereocenters. The lowest BCUT2D eigenvalue weighted by Crippen LogP contribution is -2.31. The molecule has 0 aliphatic heterocycles. The van der Waals surface area contributed by atoms with Gasteiger partial charge in [-0.15, -0.1) is 0 Å². The molecule has 0 radical (unpaired) electrons. The van der Waals surface area contributed by atoms with Gasteiger partial charge < -0.3 is 10.1 Å². The predicted octanol–water partition coefficient (Wildman–Crippen LogP) is 4.18. The molecule has 0 bridgehead atoms. The van der Waals surface area contributed by atoms with E-state index >= 15 is 0 Å². The van der Waals surface area contributed by atoms with Crippen LogP contribution in [0.15, 0.2) is 36.4 Å². The first-order chi connectivity index (χ1) is 10.9. The quantitative estimate of drug-likeness (QED) is 0.899. The van der Waals surface area contributed by atoms with Gasteiger partial charge in [-0.1, -0.05) is 29.8 Å². The van der Waals surface area contributed by atoms with Gasteiger partial charge in [-0.3, -0.25) is 4.79 Å². The Hall–Kier alpha value is -2.29. The zero-order chi connectivity index (χ0) is 17.0. The maximum absolute atomic E-state index is 12.1. The van der Waals surface area contributed by atoms with E-state index < -0.39 is 0 Å². The van der Waals surface area contributed by atoms with Crippen molar-refractivity contribution in [1.29, 1.82) is 0 Å². The molecule has 0 heterocycles. The number of benzene rings is 2. The van der Waals surface area contributed by atoms with Crippen LogP contribution in [0.3, 0.4) is 0 Å². The summed E-state index contributed by atoms with van der Waals surface area (Å²) >= 11 is 0. The fraction of sp³-hybridized carbons (Fsp3) is 0.350. The molecule has 2 rings (SSSR count). The molecule has 1 atom stereocenters. The molecule has 0 spiro atoms. The third-order valence-electron chi connectivity index (χ3n) is 4.13. The molecular formula is C20H25NO2. The van der Waals surface area contributed by atoms with E-state index in [-0.39, 0.29) is 18.6 Å². The van der Waals surface area contributed by atoms with Crippen LogP contribution in [0.2, 0.25) is 0 Å². The Kier molecular flexibility index (Phi) is 5.43. The van der Waals surface area contributed by atoms with Crippen molar-refractivity contribution in [3.05, 3.63) is 64.2 Å². The molecule has 1 amide bonds. The lowest BCUT2D eigenvalue weighted by Gasteiger charge is -2.17. The van der Waals surface area contributed by atoms with E-state index in [0.717, 1.165) is 16.9 Å². The third kappa shape index (κ3) is 4.59. The number of hydrogen-bond donors (Lipinski definition) is 1. The van der Waals surface area contributed by atoms with Gasteiger partial charge in [-0.2, -0.15) is 0 Å². The average molecular weight is 311 g/mol. The molecule has 23 heavy (non-hydrogen) atoms. The van der Waals surface area contributed by atoms with E-state index in [1.165, 1.54) is 16.7 Å². The molecular weight excluding hydrogens is 286 g/mol. The lowest BCUT2D eigenvalue weighted by molar-refractivity contribution is -0.123. The molecule has 0 aliphatic rings. The molecule has 0 aromatic heterocycles. The number of ether oxygens (including phenoxy) is 1. The van der Waals surface area contributed by atoms with Crippen LogP contribution in [-0.4, -0.2) is 12.5 Å². The second kappa shape index (κ2) is 7.32. The van der Waals surface area contributed by atoms with Crippen molar-refractivity contribution < 1.29 is 9.53 Å². The van der Waals surface area contributed by atoms with Crippen LogP contribution in [0.4, 0.5) is 0 Å². The maximum Gasteiger partial charge on any atom is 0.258 e. The smallest absolute Gasteiger partial charge is 0.258 e. The van der Waals surface area contributed by atoms with Gasteiger partial charge in [-0.25, -0.2) is 0 Å². The van der Waals surface area contributed by atoms with Crippen LogP contribution >= 0.6 is 0 Å². The second-order valence-electron chi connectivity index (χ2n) is 6.18.